The second kappa shape index (κ2) is 6.74. The molecule has 0 amide bonds. The molecular formula is C16H24ClN2. The van der Waals surface area contributed by atoms with E-state index >= 15 is 0 Å². The summed E-state index contributed by atoms with van der Waals surface area (Å²) in [6.07, 6.45) is 5.59. The summed E-state index contributed by atoms with van der Waals surface area (Å²) in [5, 5.41) is 4.37. The van der Waals surface area contributed by atoms with E-state index in [1.165, 1.54) is 18.4 Å². The van der Waals surface area contributed by atoms with Crippen LogP contribution in [-0.4, -0.2) is 19.1 Å². The first kappa shape index (κ1) is 14.8. The van der Waals surface area contributed by atoms with Crippen molar-refractivity contribution in [2.45, 2.75) is 43.6 Å². The second-order valence-corrected chi connectivity index (χ2v) is 6.01. The fourth-order valence-corrected chi connectivity index (χ4v) is 3.30. The van der Waals surface area contributed by atoms with Crippen LogP contribution < -0.4 is 11.1 Å². The van der Waals surface area contributed by atoms with Gasteiger partial charge in [0.25, 0.3) is 0 Å². The van der Waals surface area contributed by atoms with Crippen LogP contribution in [-0.2, 0) is 5.41 Å². The lowest BCUT2D eigenvalue weighted by Gasteiger charge is -2.40. The van der Waals surface area contributed by atoms with Gasteiger partial charge in [-0.15, -0.1) is 0 Å². The molecule has 0 atom stereocenters. The van der Waals surface area contributed by atoms with E-state index in [9.17, 15) is 0 Å². The molecule has 3 heteroatoms. The molecule has 1 aliphatic rings. The van der Waals surface area contributed by atoms with Crippen LogP contribution in [0.25, 0.3) is 0 Å². The molecule has 0 unspecified atom stereocenters. The van der Waals surface area contributed by atoms with Gasteiger partial charge in [-0.05, 0) is 56.3 Å². The minimum absolute atomic E-state index is 0.119. The first-order valence-electron chi connectivity index (χ1n) is 7.19. The van der Waals surface area contributed by atoms with Gasteiger partial charge in [0, 0.05) is 23.0 Å². The lowest BCUT2D eigenvalue weighted by Crippen LogP contribution is -2.44. The zero-order chi connectivity index (χ0) is 13.7. The van der Waals surface area contributed by atoms with Gasteiger partial charge in [0.05, 0.1) is 0 Å². The summed E-state index contributed by atoms with van der Waals surface area (Å²) in [5.41, 5.74) is 7.51. The van der Waals surface area contributed by atoms with Gasteiger partial charge in [-0.25, -0.2) is 0 Å². The Labute approximate surface area is 121 Å². The smallest absolute Gasteiger partial charge is 0.0408 e. The Kier molecular flexibility index (Phi) is 5.26. The lowest BCUT2D eigenvalue weighted by molar-refractivity contribution is 0.252. The molecule has 1 aromatic rings. The second-order valence-electron chi connectivity index (χ2n) is 5.58. The van der Waals surface area contributed by atoms with Gasteiger partial charge >= 0.3 is 0 Å². The van der Waals surface area contributed by atoms with E-state index in [1.807, 2.05) is 12.1 Å². The maximum absolute atomic E-state index is 6.12. The summed E-state index contributed by atoms with van der Waals surface area (Å²) in [7, 11) is 0. The number of hydrogen-bond donors (Lipinski definition) is 2. The summed E-state index contributed by atoms with van der Waals surface area (Å²) in [6, 6.07) is 8.83. The molecule has 1 radical (unpaired) electrons. The predicted octanol–water partition coefficient (Wildman–Crippen LogP) is 3.29. The molecule has 0 spiro atoms. The van der Waals surface area contributed by atoms with E-state index in [-0.39, 0.29) is 5.41 Å². The number of benzene rings is 1. The van der Waals surface area contributed by atoms with Gasteiger partial charge in [-0.2, -0.15) is 0 Å². The van der Waals surface area contributed by atoms with Crippen LogP contribution in [0.1, 0.15) is 37.7 Å². The van der Waals surface area contributed by atoms with Crippen molar-refractivity contribution in [1.82, 2.24) is 5.32 Å². The summed E-state index contributed by atoms with van der Waals surface area (Å²) in [4.78, 5) is 0. The number of halogens is 1. The van der Waals surface area contributed by atoms with Gasteiger partial charge in [-0.1, -0.05) is 30.7 Å². The van der Waals surface area contributed by atoms with Crippen molar-refractivity contribution in [3.63, 3.8) is 0 Å². The molecule has 0 heterocycles. The van der Waals surface area contributed by atoms with Gasteiger partial charge in [0.1, 0.15) is 0 Å². The first-order chi connectivity index (χ1) is 9.20. The molecule has 0 bridgehead atoms. The number of nitrogens with one attached hydrogen (secondary N) is 1. The van der Waals surface area contributed by atoms with Gasteiger partial charge in [0.2, 0.25) is 0 Å². The highest BCUT2D eigenvalue weighted by Gasteiger charge is 2.35. The van der Waals surface area contributed by atoms with Crippen LogP contribution in [0.3, 0.4) is 0 Å². The highest BCUT2D eigenvalue weighted by molar-refractivity contribution is 6.30. The van der Waals surface area contributed by atoms with Crippen molar-refractivity contribution in [3.05, 3.63) is 41.8 Å². The topological polar surface area (TPSA) is 38.0 Å². The standard InChI is InChI=1S/C16H24ClN2/c1-2-10-19-15-6-8-16(12-18,9-7-15)13-4-3-5-14(17)11-13/h3-5,11,15,19H,1-2,6-10,12,18H2. The summed E-state index contributed by atoms with van der Waals surface area (Å²) in [5.74, 6) is 0. The third-order valence-corrected chi connectivity index (χ3v) is 4.62. The average molecular weight is 280 g/mol. The van der Waals surface area contributed by atoms with Crippen molar-refractivity contribution in [1.29, 1.82) is 0 Å². The van der Waals surface area contributed by atoms with E-state index in [1.54, 1.807) is 0 Å². The van der Waals surface area contributed by atoms with E-state index in [0.717, 1.165) is 30.8 Å². The third-order valence-electron chi connectivity index (χ3n) is 4.38. The molecule has 2 rings (SSSR count). The Morgan fingerprint density at radius 3 is 2.68 bits per heavy atom. The third kappa shape index (κ3) is 3.50. The molecule has 1 aromatic carbocycles. The van der Waals surface area contributed by atoms with Crippen LogP contribution in [0.5, 0.6) is 0 Å². The molecule has 2 nitrogen and oxygen atoms in total. The van der Waals surface area contributed by atoms with E-state index in [2.05, 4.69) is 24.4 Å². The fourth-order valence-electron chi connectivity index (χ4n) is 3.11. The minimum Gasteiger partial charge on any atom is -0.330 e. The van der Waals surface area contributed by atoms with Crippen LogP contribution in [0.2, 0.25) is 5.02 Å². The van der Waals surface area contributed by atoms with E-state index in [4.69, 9.17) is 17.3 Å². The van der Waals surface area contributed by atoms with Crippen molar-refractivity contribution < 1.29 is 0 Å². The molecule has 1 aliphatic carbocycles. The van der Waals surface area contributed by atoms with Gasteiger partial charge in [0.15, 0.2) is 0 Å². The van der Waals surface area contributed by atoms with Crippen LogP contribution in [0.4, 0.5) is 0 Å². The van der Waals surface area contributed by atoms with Crippen molar-refractivity contribution in [2.24, 2.45) is 5.73 Å². The summed E-state index contributed by atoms with van der Waals surface area (Å²) >= 11 is 6.12. The highest BCUT2D eigenvalue weighted by atomic mass is 35.5. The minimum atomic E-state index is 0.119. The molecule has 1 saturated carbocycles. The molecule has 3 N–H and O–H groups in total. The zero-order valence-electron chi connectivity index (χ0n) is 11.5. The number of hydrogen-bond acceptors (Lipinski definition) is 2. The SMILES string of the molecule is [CH2]CCNC1CCC(CN)(c2cccc(Cl)c2)CC1. The Morgan fingerprint density at radius 2 is 2.11 bits per heavy atom. The molecule has 0 aliphatic heterocycles. The van der Waals surface area contributed by atoms with E-state index in [0.29, 0.717) is 12.6 Å². The first-order valence-corrected chi connectivity index (χ1v) is 7.57. The Morgan fingerprint density at radius 1 is 1.37 bits per heavy atom. The maximum Gasteiger partial charge on any atom is 0.0408 e. The lowest BCUT2D eigenvalue weighted by atomic mass is 9.68. The van der Waals surface area contributed by atoms with Crippen molar-refractivity contribution >= 4 is 11.6 Å². The molecule has 1 fully saturated rings. The normalized spacial score (nSPS) is 27.4. The largest absolute Gasteiger partial charge is 0.330 e. The molecule has 105 valence electrons. The highest BCUT2D eigenvalue weighted by Crippen LogP contribution is 2.39. The Bertz CT molecular complexity index is 397. The molecular weight excluding hydrogens is 256 g/mol. The quantitative estimate of drug-likeness (QED) is 0.868. The molecule has 0 aromatic heterocycles. The molecule has 0 saturated heterocycles. The predicted molar refractivity (Wildman–Crippen MR) is 82.4 cm³/mol. The zero-order valence-corrected chi connectivity index (χ0v) is 12.3. The average Bonchev–Trinajstić information content (AvgIpc) is 2.46. The van der Waals surface area contributed by atoms with Crippen LogP contribution >= 0.6 is 11.6 Å². The summed E-state index contributed by atoms with van der Waals surface area (Å²) in [6.45, 7) is 5.59. The molecule has 19 heavy (non-hydrogen) atoms. The van der Waals surface area contributed by atoms with Crippen molar-refractivity contribution in [3.8, 4) is 0 Å². The monoisotopic (exact) mass is 279 g/mol. The van der Waals surface area contributed by atoms with Crippen LogP contribution in [0.15, 0.2) is 24.3 Å². The van der Waals surface area contributed by atoms with Crippen molar-refractivity contribution in [2.75, 3.05) is 13.1 Å². The Hall–Kier alpha value is -0.570. The van der Waals surface area contributed by atoms with E-state index < -0.39 is 0 Å². The summed E-state index contributed by atoms with van der Waals surface area (Å²) < 4.78 is 0. The number of nitrogens with two attached hydrogens (primary N) is 1. The van der Waals surface area contributed by atoms with Gasteiger partial charge < -0.3 is 11.1 Å². The number of rotatable bonds is 5. The fraction of sp³-hybridized carbons (Fsp3) is 0.562. The maximum atomic E-state index is 6.12. The van der Waals surface area contributed by atoms with Crippen LogP contribution in [0, 0.1) is 6.92 Å². The van der Waals surface area contributed by atoms with Gasteiger partial charge in [-0.3, -0.25) is 0 Å². The Balaban J connectivity index is 2.05.